The number of halogens is 2. The summed E-state index contributed by atoms with van der Waals surface area (Å²) in [5.74, 6) is 0.321. The lowest BCUT2D eigenvalue weighted by molar-refractivity contribution is 0.0475. The second kappa shape index (κ2) is 9.30. The molecule has 2 amide bonds. The Bertz CT molecular complexity index is 925. The van der Waals surface area contributed by atoms with Crippen LogP contribution < -0.4 is 10.2 Å². The molecule has 1 N–H and O–H groups in total. The second-order valence-electron chi connectivity index (χ2n) is 7.25. The van der Waals surface area contributed by atoms with E-state index in [4.69, 9.17) is 9.26 Å². The average molecular weight is 456 g/mol. The van der Waals surface area contributed by atoms with Gasteiger partial charge < -0.3 is 19.5 Å². The zero-order chi connectivity index (χ0) is 19.1. The van der Waals surface area contributed by atoms with Gasteiger partial charge in [-0.05, 0) is 36.2 Å². The molecule has 0 bridgehead atoms. The first-order chi connectivity index (χ1) is 13.7. The molecule has 2 aromatic rings. The summed E-state index contributed by atoms with van der Waals surface area (Å²) in [5, 5.41) is 7.34. The van der Waals surface area contributed by atoms with Crippen molar-refractivity contribution >= 4 is 42.6 Å². The van der Waals surface area contributed by atoms with E-state index in [0.717, 1.165) is 39.0 Å². The van der Waals surface area contributed by atoms with Crippen LogP contribution in [0.15, 0.2) is 22.7 Å². The number of piperazine rings is 1. The van der Waals surface area contributed by atoms with Crippen LogP contribution in [-0.2, 0) is 4.74 Å². The van der Waals surface area contributed by atoms with E-state index in [1.54, 1.807) is 18.2 Å². The number of hydrogen-bond donors (Lipinski definition) is 1. The SMILES string of the molecule is Cl.Cl.O=C1c2ccc(-c3nc(N4CCNCC4)no3)cc2C(=O)N1CC1CCCO1. The number of rotatable bonds is 4. The van der Waals surface area contributed by atoms with E-state index in [1.807, 2.05) is 0 Å². The van der Waals surface area contributed by atoms with Crippen molar-refractivity contribution in [2.24, 2.45) is 0 Å². The molecule has 1 aromatic carbocycles. The third kappa shape index (κ3) is 4.02. The molecule has 0 saturated carbocycles. The highest BCUT2D eigenvalue weighted by Gasteiger charge is 2.38. The largest absolute Gasteiger partial charge is 0.376 e. The quantitative estimate of drug-likeness (QED) is 0.695. The summed E-state index contributed by atoms with van der Waals surface area (Å²) in [6, 6.07) is 5.07. The number of carbonyl (C=O) groups excluding carboxylic acids is 2. The fourth-order valence-electron chi connectivity index (χ4n) is 3.91. The Hall–Kier alpha value is -2.20. The molecule has 162 valence electrons. The number of benzene rings is 1. The van der Waals surface area contributed by atoms with Gasteiger partial charge in [0.15, 0.2) is 0 Å². The first kappa shape index (κ1) is 22.5. The molecule has 4 heterocycles. The van der Waals surface area contributed by atoms with Crippen LogP contribution in [0.3, 0.4) is 0 Å². The maximum Gasteiger partial charge on any atom is 0.266 e. The van der Waals surface area contributed by atoms with Crippen LogP contribution in [0.1, 0.15) is 33.6 Å². The lowest BCUT2D eigenvalue weighted by Gasteiger charge is -2.25. The van der Waals surface area contributed by atoms with Crippen molar-refractivity contribution in [2.45, 2.75) is 18.9 Å². The Labute approximate surface area is 185 Å². The van der Waals surface area contributed by atoms with Gasteiger partial charge in [0.2, 0.25) is 0 Å². The highest BCUT2D eigenvalue weighted by atomic mass is 35.5. The van der Waals surface area contributed by atoms with E-state index in [2.05, 4.69) is 20.4 Å². The Morgan fingerprint density at radius 1 is 1.10 bits per heavy atom. The number of anilines is 1. The maximum absolute atomic E-state index is 12.8. The van der Waals surface area contributed by atoms with E-state index in [-0.39, 0.29) is 42.7 Å². The number of amides is 2. The third-order valence-electron chi connectivity index (χ3n) is 5.44. The standard InChI is InChI=1S/C19H21N5O4.2ClH/c25-17-14-4-3-12(16-21-19(22-28-16)23-7-5-20-6-8-23)10-15(14)18(26)24(17)11-13-2-1-9-27-13;;/h3-4,10,13,20H,1-2,5-9,11H2;2*1H. The van der Waals surface area contributed by atoms with Gasteiger partial charge in [0.1, 0.15) is 0 Å². The minimum atomic E-state index is -0.292. The molecule has 0 radical (unpaired) electrons. The van der Waals surface area contributed by atoms with Crippen LogP contribution in [0.5, 0.6) is 0 Å². The number of ether oxygens (including phenoxy) is 1. The Kier molecular flexibility index (Phi) is 6.97. The van der Waals surface area contributed by atoms with Crippen molar-refractivity contribution < 1.29 is 18.8 Å². The van der Waals surface area contributed by atoms with E-state index in [9.17, 15) is 9.59 Å². The van der Waals surface area contributed by atoms with Crippen molar-refractivity contribution in [3.63, 3.8) is 0 Å². The van der Waals surface area contributed by atoms with Gasteiger partial charge in [-0.2, -0.15) is 4.98 Å². The summed E-state index contributed by atoms with van der Waals surface area (Å²) in [6.45, 7) is 4.36. The molecule has 1 aromatic heterocycles. The van der Waals surface area contributed by atoms with Gasteiger partial charge in [-0.15, -0.1) is 24.8 Å². The van der Waals surface area contributed by atoms with Gasteiger partial charge in [-0.1, -0.05) is 0 Å². The number of carbonyl (C=O) groups is 2. The van der Waals surface area contributed by atoms with Gasteiger partial charge in [0.25, 0.3) is 23.7 Å². The minimum Gasteiger partial charge on any atom is -0.376 e. The maximum atomic E-state index is 12.8. The molecule has 1 unspecified atom stereocenters. The van der Waals surface area contributed by atoms with Crippen LogP contribution >= 0.6 is 24.8 Å². The van der Waals surface area contributed by atoms with Crippen LogP contribution in [-0.4, -0.2) is 72.3 Å². The summed E-state index contributed by atoms with van der Waals surface area (Å²) in [5.41, 5.74) is 1.42. The highest BCUT2D eigenvalue weighted by molar-refractivity contribution is 6.21. The van der Waals surface area contributed by atoms with Gasteiger partial charge >= 0.3 is 0 Å². The lowest BCUT2D eigenvalue weighted by atomic mass is 10.1. The normalized spacial score (nSPS) is 20.7. The first-order valence-corrected chi connectivity index (χ1v) is 9.62. The molecule has 30 heavy (non-hydrogen) atoms. The Morgan fingerprint density at radius 2 is 1.87 bits per heavy atom. The molecule has 1 atom stereocenters. The molecule has 3 aliphatic heterocycles. The van der Waals surface area contributed by atoms with Crippen molar-refractivity contribution in [1.29, 1.82) is 0 Å². The predicted molar refractivity (Wildman–Crippen MR) is 114 cm³/mol. The molecular formula is C19H23Cl2N5O4. The summed E-state index contributed by atoms with van der Waals surface area (Å²) in [6.07, 6.45) is 1.76. The van der Waals surface area contributed by atoms with Crippen LogP contribution in [0.4, 0.5) is 5.95 Å². The fourth-order valence-corrected chi connectivity index (χ4v) is 3.91. The number of nitrogens with one attached hydrogen (secondary N) is 1. The smallest absolute Gasteiger partial charge is 0.266 e. The lowest BCUT2D eigenvalue weighted by Crippen LogP contribution is -2.44. The Balaban J connectivity index is 0.00000128. The van der Waals surface area contributed by atoms with Gasteiger partial charge in [0.05, 0.1) is 23.8 Å². The van der Waals surface area contributed by atoms with Crippen molar-refractivity contribution in [2.75, 3.05) is 44.2 Å². The summed E-state index contributed by atoms with van der Waals surface area (Å²) >= 11 is 0. The van der Waals surface area contributed by atoms with Crippen molar-refractivity contribution in [3.05, 3.63) is 29.3 Å². The topological polar surface area (TPSA) is 101 Å². The van der Waals surface area contributed by atoms with E-state index < -0.39 is 0 Å². The van der Waals surface area contributed by atoms with Crippen LogP contribution in [0.2, 0.25) is 0 Å². The fraction of sp³-hybridized carbons (Fsp3) is 0.474. The monoisotopic (exact) mass is 455 g/mol. The molecule has 2 saturated heterocycles. The zero-order valence-corrected chi connectivity index (χ0v) is 17.8. The molecule has 3 aliphatic rings. The first-order valence-electron chi connectivity index (χ1n) is 9.62. The average Bonchev–Trinajstić information content (AvgIpc) is 3.47. The minimum absolute atomic E-state index is 0. The summed E-state index contributed by atoms with van der Waals surface area (Å²) < 4.78 is 11.0. The van der Waals surface area contributed by atoms with Crippen LogP contribution in [0.25, 0.3) is 11.5 Å². The number of imide groups is 1. The second-order valence-corrected chi connectivity index (χ2v) is 7.25. The zero-order valence-electron chi connectivity index (χ0n) is 16.2. The van der Waals surface area contributed by atoms with Crippen LogP contribution in [0, 0.1) is 0 Å². The number of fused-ring (bicyclic) bond motifs is 1. The number of nitrogens with zero attached hydrogens (tertiary/aromatic N) is 4. The molecule has 0 aliphatic carbocycles. The summed E-state index contributed by atoms with van der Waals surface area (Å²) in [7, 11) is 0. The molecule has 11 heteroatoms. The van der Waals surface area contributed by atoms with Gasteiger partial charge in [-0.3, -0.25) is 14.5 Å². The molecule has 0 spiro atoms. The third-order valence-corrected chi connectivity index (χ3v) is 5.44. The van der Waals surface area contributed by atoms with E-state index >= 15 is 0 Å². The number of hydrogen-bond acceptors (Lipinski definition) is 8. The van der Waals surface area contributed by atoms with Crippen molar-refractivity contribution in [3.8, 4) is 11.5 Å². The number of aromatic nitrogens is 2. The van der Waals surface area contributed by atoms with E-state index in [1.165, 1.54) is 4.90 Å². The molecule has 5 rings (SSSR count). The van der Waals surface area contributed by atoms with Crippen molar-refractivity contribution in [1.82, 2.24) is 20.4 Å². The molecule has 2 fully saturated rings. The molecule has 9 nitrogen and oxygen atoms in total. The predicted octanol–water partition coefficient (Wildman–Crippen LogP) is 1.76. The van der Waals surface area contributed by atoms with E-state index in [0.29, 0.717) is 41.7 Å². The Morgan fingerprint density at radius 3 is 2.60 bits per heavy atom. The van der Waals surface area contributed by atoms with Gasteiger partial charge in [0, 0.05) is 38.3 Å². The molecular weight excluding hydrogens is 433 g/mol. The highest BCUT2D eigenvalue weighted by Crippen LogP contribution is 2.29. The summed E-state index contributed by atoms with van der Waals surface area (Å²) in [4.78, 5) is 33.2. The van der Waals surface area contributed by atoms with Gasteiger partial charge in [-0.25, -0.2) is 0 Å².